The van der Waals surface area contributed by atoms with E-state index in [0.29, 0.717) is 0 Å². The largest absolute Gasteiger partial charge is 0.444 e. The van der Waals surface area contributed by atoms with Gasteiger partial charge in [0.25, 0.3) is 0 Å². The molecule has 0 radical (unpaired) electrons. The monoisotopic (exact) mass is 226 g/mol. The van der Waals surface area contributed by atoms with Gasteiger partial charge in [-0.25, -0.2) is 4.79 Å². The number of piperidine rings is 1. The maximum Gasteiger partial charge on any atom is 0.410 e. The number of hydrogen-bond donors (Lipinski definition) is 1. The van der Waals surface area contributed by atoms with Crippen molar-refractivity contribution in [3.8, 4) is 0 Å². The van der Waals surface area contributed by atoms with Crippen molar-refractivity contribution in [2.45, 2.75) is 51.2 Å². The SMILES string of the molecule is CC1CCN(C(=O)OC2CCCC2N)CC1. The number of carbonyl (C=O) groups excluding carboxylic acids is 1. The van der Waals surface area contributed by atoms with Gasteiger partial charge in [-0.3, -0.25) is 0 Å². The van der Waals surface area contributed by atoms with Crippen LogP contribution in [0.1, 0.15) is 39.0 Å². The van der Waals surface area contributed by atoms with E-state index in [1.165, 1.54) is 0 Å². The van der Waals surface area contributed by atoms with Crippen molar-refractivity contribution in [1.29, 1.82) is 0 Å². The Morgan fingerprint density at radius 2 is 1.94 bits per heavy atom. The van der Waals surface area contributed by atoms with Crippen LogP contribution in [-0.2, 0) is 4.74 Å². The van der Waals surface area contributed by atoms with Gasteiger partial charge in [0.05, 0.1) is 0 Å². The molecular weight excluding hydrogens is 204 g/mol. The summed E-state index contributed by atoms with van der Waals surface area (Å²) in [6.45, 7) is 3.90. The first-order chi connectivity index (χ1) is 7.66. The predicted molar refractivity (Wildman–Crippen MR) is 62.1 cm³/mol. The molecule has 2 rings (SSSR count). The zero-order valence-electron chi connectivity index (χ0n) is 10.0. The average molecular weight is 226 g/mol. The maximum absolute atomic E-state index is 11.9. The fourth-order valence-electron chi connectivity index (χ4n) is 2.50. The highest BCUT2D eigenvalue weighted by atomic mass is 16.6. The van der Waals surface area contributed by atoms with Gasteiger partial charge in [-0.05, 0) is 38.0 Å². The van der Waals surface area contributed by atoms with Gasteiger partial charge in [-0.15, -0.1) is 0 Å². The summed E-state index contributed by atoms with van der Waals surface area (Å²) in [5.41, 5.74) is 5.88. The highest BCUT2D eigenvalue weighted by Gasteiger charge is 2.30. The lowest BCUT2D eigenvalue weighted by molar-refractivity contribution is 0.0505. The van der Waals surface area contributed by atoms with E-state index in [1.54, 1.807) is 0 Å². The minimum Gasteiger partial charge on any atom is -0.444 e. The van der Waals surface area contributed by atoms with Gasteiger partial charge in [-0.1, -0.05) is 6.92 Å². The highest BCUT2D eigenvalue weighted by molar-refractivity contribution is 5.68. The van der Waals surface area contributed by atoms with Gasteiger partial charge in [0.15, 0.2) is 0 Å². The molecule has 0 spiro atoms. The quantitative estimate of drug-likeness (QED) is 0.741. The lowest BCUT2D eigenvalue weighted by Crippen LogP contribution is -2.42. The number of likely N-dealkylation sites (tertiary alicyclic amines) is 1. The summed E-state index contributed by atoms with van der Waals surface area (Å²) >= 11 is 0. The van der Waals surface area contributed by atoms with Crippen molar-refractivity contribution in [3.05, 3.63) is 0 Å². The predicted octanol–water partition coefficient (Wildman–Crippen LogP) is 1.73. The van der Waals surface area contributed by atoms with E-state index in [9.17, 15) is 4.79 Å². The van der Waals surface area contributed by atoms with E-state index in [1.807, 2.05) is 4.90 Å². The second kappa shape index (κ2) is 5.04. The summed E-state index contributed by atoms with van der Waals surface area (Å²) in [4.78, 5) is 13.7. The summed E-state index contributed by atoms with van der Waals surface area (Å²) in [6, 6.07) is 0.0488. The smallest absolute Gasteiger partial charge is 0.410 e. The Morgan fingerprint density at radius 3 is 2.50 bits per heavy atom. The lowest BCUT2D eigenvalue weighted by Gasteiger charge is -2.31. The molecule has 2 aliphatic rings. The number of amides is 1. The number of nitrogens with two attached hydrogens (primary N) is 1. The summed E-state index contributed by atoms with van der Waals surface area (Å²) in [5.74, 6) is 0.734. The Balaban J connectivity index is 1.79. The molecule has 2 fully saturated rings. The molecule has 0 aromatic rings. The number of rotatable bonds is 1. The van der Waals surface area contributed by atoms with Crippen molar-refractivity contribution in [1.82, 2.24) is 4.90 Å². The first-order valence-electron chi connectivity index (χ1n) is 6.38. The van der Waals surface area contributed by atoms with Crippen LogP contribution in [0.25, 0.3) is 0 Å². The molecule has 92 valence electrons. The first kappa shape index (κ1) is 11.7. The van der Waals surface area contributed by atoms with Crippen molar-refractivity contribution in [2.75, 3.05) is 13.1 Å². The Morgan fingerprint density at radius 1 is 1.25 bits per heavy atom. The summed E-state index contributed by atoms with van der Waals surface area (Å²) < 4.78 is 5.46. The molecule has 0 bridgehead atoms. The fraction of sp³-hybridized carbons (Fsp3) is 0.917. The molecule has 1 saturated carbocycles. The molecule has 2 N–H and O–H groups in total. The van der Waals surface area contributed by atoms with E-state index < -0.39 is 0 Å². The van der Waals surface area contributed by atoms with Gasteiger partial charge < -0.3 is 15.4 Å². The summed E-state index contributed by atoms with van der Waals surface area (Å²) in [5, 5.41) is 0. The van der Waals surface area contributed by atoms with E-state index in [-0.39, 0.29) is 18.2 Å². The Labute approximate surface area is 97.1 Å². The summed E-state index contributed by atoms with van der Waals surface area (Å²) in [6.07, 6.45) is 4.96. The van der Waals surface area contributed by atoms with Crippen LogP contribution in [0.2, 0.25) is 0 Å². The van der Waals surface area contributed by atoms with Crippen LogP contribution < -0.4 is 5.73 Å². The molecule has 1 aliphatic carbocycles. The van der Waals surface area contributed by atoms with Crippen LogP contribution in [0.15, 0.2) is 0 Å². The molecule has 1 saturated heterocycles. The topological polar surface area (TPSA) is 55.6 Å². The minimum atomic E-state index is -0.158. The standard InChI is InChI=1S/C12H22N2O2/c1-9-5-7-14(8-6-9)12(15)16-11-4-2-3-10(11)13/h9-11H,2-8,13H2,1H3. The van der Waals surface area contributed by atoms with E-state index in [0.717, 1.165) is 51.1 Å². The van der Waals surface area contributed by atoms with Crippen LogP contribution in [0.3, 0.4) is 0 Å². The van der Waals surface area contributed by atoms with Crippen molar-refractivity contribution >= 4 is 6.09 Å². The third-order valence-corrected chi connectivity index (χ3v) is 3.80. The van der Waals surface area contributed by atoms with Crippen LogP contribution in [-0.4, -0.2) is 36.2 Å². The van der Waals surface area contributed by atoms with Crippen LogP contribution in [0, 0.1) is 5.92 Å². The second-order valence-electron chi connectivity index (χ2n) is 5.19. The van der Waals surface area contributed by atoms with E-state index in [2.05, 4.69) is 6.92 Å². The Hall–Kier alpha value is -0.770. The maximum atomic E-state index is 11.9. The Bertz CT molecular complexity index is 249. The van der Waals surface area contributed by atoms with Gasteiger partial charge in [0.2, 0.25) is 0 Å². The lowest BCUT2D eigenvalue weighted by atomic mass is 10.00. The van der Waals surface area contributed by atoms with Gasteiger partial charge >= 0.3 is 6.09 Å². The molecule has 1 heterocycles. The van der Waals surface area contributed by atoms with E-state index >= 15 is 0 Å². The molecule has 2 atom stereocenters. The third-order valence-electron chi connectivity index (χ3n) is 3.80. The zero-order chi connectivity index (χ0) is 11.5. The molecule has 4 heteroatoms. The highest BCUT2D eigenvalue weighted by Crippen LogP contribution is 2.22. The number of hydrogen-bond acceptors (Lipinski definition) is 3. The second-order valence-corrected chi connectivity index (χ2v) is 5.19. The molecule has 1 aliphatic heterocycles. The number of nitrogens with zero attached hydrogens (tertiary/aromatic N) is 1. The molecule has 16 heavy (non-hydrogen) atoms. The minimum absolute atomic E-state index is 0.0488. The first-order valence-corrected chi connectivity index (χ1v) is 6.38. The molecule has 0 aromatic heterocycles. The zero-order valence-corrected chi connectivity index (χ0v) is 10.0. The molecular formula is C12H22N2O2. The number of carbonyl (C=O) groups is 1. The van der Waals surface area contributed by atoms with Crippen LogP contribution in [0.4, 0.5) is 4.79 Å². The fourth-order valence-corrected chi connectivity index (χ4v) is 2.50. The Kier molecular flexibility index (Phi) is 3.69. The van der Waals surface area contributed by atoms with Gasteiger partial charge in [0, 0.05) is 19.1 Å². The van der Waals surface area contributed by atoms with Crippen LogP contribution in [0.5, 0.6) is 0 Å². The normalized spacial score (nSPS) is 31.8. The number of ether oxygens (including phenoxy) is 1. The third kappa shape index (κ3) is 2.67. The van der Waals surface area contributed by atoms with E-state index in [4.69, 9.17) is 10.5 Å². The molecule has 1 amide bonds. The van der Waals surface area contributed by atoms with Crippen molar-refractivity contribution in [2.24, 2.45) is 11.7 Å². The van der Waals surface area contributed by atoms with Gasteiger partial charge in [-0.2, -0.15) is 0 Å². The molecule has 4 nitrogen and oxygen atoms in total. The van der Waals surface area contributed by atoms with Crippen molar-refractivity contribution < 1.29 is 9.53 Å². The van der Waals surface area contributed by atoms with Crippen molar-refractivity contribution in [3.63, 3.8) is 0 Å². The van der Waals surface area contributed by atoms with Crippen LogP contribution >= 0.6 is 0 Å². The van der Waals surface area contributed by atoms with Gasteiger partial charge in [0.1, 0.15) is 6.10 Å². The molecule has 2 unspecified atom stereocenters. The average Bonchev–Trinajstić information content (AvgIpc) is 2.65. The summed E-state index contributed by atoms with van der Waals surface area (Å²) in [7, 11) is 0. The molecule has 0 aromatic carbocycles.